The SMILES string of the molecule is CC(C)[C@@H](C(=O)N1CCCN(C(N)=O)CC1)N1C[C@@H](C)O[C@@H](C)C1. The van der Waals surface area contributed by atoms with Crippen LogP contribution in [-0.4, -0.2) is 84.2 Å². The number of rotatable bonds is 3. The lowest BCUT2D eigenvalue weighted by Crippen LogP contribution is -2.58. The second-order valence-electron chi connectivity index (χ2n) is 7.40. The Hall–Kier alpha value is -1.34. The fourth-order valence-electron chi connectivity index (χ4n) is 3.85. The van der Waals surface area contributed by atoms with Gasteiger partial charge in [0, 0.05) is 39.3 Å². The molecule has 0 spiro atoms. The van der Waals surface area contributed by atoms with E-state index in [-0.39, 0.29) is 30.1 Å². The van der Waals surface area contributed by atoms with E-state index in [1.807, 2.05) is 4.90 Å². The first-order chi connectivity index (χ1) is 11.3. The number of carbonyl (C=O) groups excluding carboxylic acids is 2. The molecule has 0 aromatic heterocycles. The number of morpholine rings is 1. The van der Waals surface area contributed by atoms with Gasteiger partial charge in [-0.1, -0.05) is 13.8 Å². The molecule has 2 heterocycles. The smallest absolute Gasteiger partial charge is 0.314 e. The van der Waals surface area contributed by atoms with E-state index in [0.717, 1.165) is 19.5 Å². The molecular formula is C17H32N4O3. The predicted molar refractivity (Wildman–Crippen MR) is 92.6 cm³/mol. The molecule has 3 atom stereocenters. The van der Waals surface area contributed by atoms with Crippen molar-refractivity contribution in [2.24, 2.45) is 11.7 Å². The molecule has 0 bridgehead atoms. The van der Waals surface area contributed by atoms with Crippen LogP contribution in [0.2, 0.25) is 0 Å². The van der Waals surface area contributed by atoms with Gasteiger partial charge in [-0.3, -0.25) is 9.69 Å². The van der Waals surface area contributed by atoms with Crippen LogP contribution in [0.5, 0.6) is 0 Å². The number of hydrogen-bond acceptors (Lipinski definition) is 4. The van der Waals surface area contributed by atoms with Gasteiger partial charge in [0.05, 0.1) is 18.2 Å². The van der Waals surface area contributed by atoms with Gasteiger partial charge in [-0.25, -0.2) is 4.79 Å². The van der Waals surface area contributed by atoms with Crippen molar-refractivity contribution >= 4 is 11.9 Å². The Morgan fingerprint density at radius 2 is 1.54 bits per heavy atom. The van der Waals surface area contributed by atoms with Crippen molar-refractivity contribution in [2.75, 3.05) is 39.3 Å². The molecule has 138 valence electrons. The summed E-state index contributed by atoms with van der Waals surface area (Å²) < 4.78 is 5.81. The maximum absolute atomic E-state index is 13.2. The predicted octanol–water partition coefficient (Wildman–Crippen LogP) is 0.733. The monoisotopic (exact) mass is 340 g/mol. The zero-order valence-corrected chi connectivity index (χ0v) is 15.4. The highest BCUT2D eigenvalue weighted by atomic mass is 16.5. The first kappa shape index (κ1) is 19.0. The molecule has 3 amide bonds. The highest BCUT2D eigenvalue weighted by Gasteiger charge is 2.36. The third kappa shape index (κ3) is 4.60. The number of urea groups is 1. The Bertz CT molecular complexity index is 447. The van der Waals surface area contributed by atoms with Crippen LogP contribution in [0, 0.1) is 5.92 Å². The van der Waals surface area contributed by atoms with Crippen LogP contribution in [0.3, 0.4) is 0 Å². The van der Waals surface area contributed by atoms with Gasteiger partial charge in [0.25, 0.3) is 0 Å². The largest absolute Gasteiger partial charge is 0.373 e. The summed E-state index contributed by atoms with van der Waals surface area (Å²) in [6, 6.07) is -0.542. The molecule has 7 nitrogen and oxygen atoms in total. The first-order valence-electron chi connectivity index (χ1n) is 9.02. The minimum Gasteiger partial charge on any atom is -0.373 e. The van der Waals surface area contributed by atoms with Gasteiger partial charge in [-0.05, 0) is 26.2 Å². The molecule has 2 aliphatic heterocycles. The number of carbonyl (C=O) groups is 2. The fraction of sp³-hybridized carbons (Fsp3) is 0.882. The topological polar surface area (TPSA) is 79.1 Å². The van der Waals surface area contributed by atoms with Crippen LogP contribution >= 0.6 is 0 Å². The van der Waals surface area contributed by atoms with Crippen LogP contribution in [-0.2, 0) is 9.53 Å². The number of ether oxygens (including phenoxy) is 1. The summed E-state index contributed by atoms with van der Waals surface area (Å²) in [7, 11) is 0. The van der Waals surface area contributed by atoms with E-state index in [4.69, 9.17) is 10.5 Å². The van der Waals surface area contributed by atoms with E-state index in [1.54, 1.807) is 4.90 Å². The second-order valence-corrected chi connectivity index (χ2v) is 7.40. The van der Waals surface area contributed by atoms with Gasteiger partial charge in [-0.2, -0.15) is 0 Å². The van der Waals surface area contributed by atoms with Crippen LogP contribution in [0.15, 0.2) is 0 Å². The van der Waals surface area contributed by atoms with Gasteiger partial charge < -0.3 is 20.3 Å². The average Bonchev–Trinajstić information content (AvgIpc) is 2.71. The van der Waals surface area contributed by atoms with E-state index in [9.17, 15) is 9.59 Å². The number of primary amides is 1. The van der Waals surface area contributed by atoms with Gasteiger partial charge in [0.15, 0.2) is 0 Å². The summed E-state index contributed by atoms with van der Waals surface area (Å²) in [5.74, 6) is 0.392. The van der Waals surface area contributed by atoms with E-state index >= 15 is 0 Å². The summed E-state index contributed by atoms with van der Waals surface area (Å²) >= 11 is 0. The molecular weight excluding hydrogens is 308 g/mol. The van der Waals surface area contributed by atoms with Crippen molar-refractivity contribution in [1.29, 1.82) is 0 Å². The lowest BCUT2D eigenvalue weighted by molar-refractivity contribution is -0.145. The van der Waals surface area contributed by atoms with Gasteiger partial charge >= 0.3 is 6.03 Å². The van der Waals surface area contributed by atoms with Crippen LogP contribution < -0.4 is 5.73 Å². The van der Waals surface area contributed by atoms with Gasteiger partial charge in [-0.15, -0.1) is 0 Å². The van der Waals surface area contributed by atoms with Crippen molar-refractivity contribution in [2.45, 2.75) is 52.4 Å². The lowest BCUT2D eigenvalue weighted by Gasteiger charge is -2.42. The average molecular weight is 340 g/mol. The van der Waals surface area contributed by atoms with Crippen molar-refractivity contribution in [1.82, 2.24) is 14.7 Å². The molecule has 2 saturated heterocycles. The van der Waals surface area contributed by atoms with Gasteiger partial charge in [0.2, 0.25) is 5.91 Å². The summed E-state index contributed by atoms with van der Waals surface area (Å²) in [6.45, 7) is 12.2. The van der Waals surface area contributed by atoms with E-state index in [0.29, 0.717) is 26.2 Å². The maximum Gasteiger partial charge on any atom is 0.314 e. The molecule has 0 aromatic rings. The zero-order valence-electron chi connectivity index (χ0n) is 15.4. The maximum atomic E-state index is 13.2. The molecule has 24 heavy (non-hydrogen) atoms. The molecule has 0 aliphatic carbocycles. The van der Waals surface area contributed by atoms with Crippen LogP contribution in [0.25, 0.3) is 0 Å². The van der Waals surface area contributed by atoms with E-state index in [2.05, 4.69) is 32.6 Å². The van der Waals surface area contributed by atoms with Crippen molar-refractivity contribution < 1.29 is 14.3 Å². The number of hydrogen-bond donors (Lipinski definition) is 1. The van der Waals surface area contributed by atoms with E-state index in [1.165, 1.54) is 0 Å². The highest BCUT2D eigenvalue weighted by molar-refractivity contribution is 5.82. The number of amides is 3. The van der Waals surface area contributed by atoms with Crippen molar-refractivity contribution in [3.05, 3.63) is 0 Å². The molecule has 2 fully saturated rings. The summed E-state index contributed by atoms with van der Waals surface area (Å²) in [4.78, 5) is 30.3. The summed E-state index contributed by atoms with van der Waals surface area (Å²) in [5, 5.41) is 0. The van der Waals surface area contributed by atoms with Gasteiger partial charge in [0.1, 0.15) is 0 Å². The minimum atomic E-state index is -0.402. The quantitative estimate of drug-likeness (QED) is 0.822. The summed E-state index contributed by atoms with van der Waals surface area (Å²) in [5.41, 5.74) is 5.38. The molecule has 0 saturated carbocycles. The number of nitrogens with two attached hydrogens (primary N) is 1. The Kier molecular flexibility index (Phi) is 6.46. The molecule has 2 N–H and O–H groups in total. The van der Waals surface area contributed by atoms with Crippen LogP contribution in [0.4, 0.5) is 4.79 Å². The molecule has 7 heteroatoms. The van der Waals surface area contributed by atoms with Crippen molar-refractivity contribution in [3.8, 4) is 0 Å². The first-order valence-corrected chi connectivity index (χ1v) is 9.02. The Labute approximate surface area is 145 Å². The second kappa shape index (κ2) is 8.16. The normalized spacial score (nSPS) is 27.9. The standard InChI is InChI=1S/C17H32N4O3/c1-12(2)15(21-10-13(3)24-14(4)11-21)16(22)19-6-5-7-20(9-8-19)17(18)23/h12-15H,5-11H2,1-4H3,(H2,18,23)/t13-,14+,15-/m0/s1. The lowest BCUT2D eigenvalue weighted by atomic mass is 9.99. The summed E-state index contributed by atoms with van der Waals surface area (Å²) in [6.07, 6.45) is 1.05. The Balaban J connectivity index is 2.07. The molecule has 2 rings (SSSR count). The van der Waals surface area contributed by atoms with Crippen LogP contribution in [0.1, 0.15) is 34.1 Å². The fourth-order valence-corrected chi connectivity index (χ4v) is 3.85. The zero-order chi connectivity index (χ0) is 17.9. The molecule has 0 unspecified atom stereocenters. The van der Waals surface area contributed by atoms with E-state index < -0.39 is 6.03 Å². The minimum absolute atomic E-state index is 0.136. The number of nitrogens with zero attached hydrogens (tertiary/aromatic N) is 3. The molecule has 0 aromatic carbocycles. The van der Waals surface area contributed by atoms with Crippen molar-refractivity contribution in [3.63, 3.8) is 0 Å². The third-order valence-corrected chi connectivity index (χ3v) is 4.84. The molecule has 2 aliphatic rings. The highest BCUT2D eigenvalue weighted by Crippen LogP contribution is 2.21. The molecule has 0 radical (unpaired) electrons. The Morgan fingerprint density at radius 1 is 1.00 bits per heavy atom. The third-order valence-electron chi connectivity index (χ3n) is 4.84. The Morgan fingerprint density at radius 3 is 2.08 bits per heavy atom.